The first kappa shape index (κ1) is 21.8. The Morgan fingerprint density at radius 2 is 1.86 bits per heavy atom. The molecule has 0 saturated carbocycles. The zero-order valence-corrected chi connectivity index (χ0v) is 17.5. The van der Waals surface area contributed by atoms with Gasteiger partial charge in [-0.15, -0.1) is 0 Å². The van der Waals surface area contributed by atoms with Crippen LogP contribution < -0.4 is 5.32 Å². The van der Waals surface area contributed by atoms with Gasteiger partial charge in [-0.1, -0.05) is 18.2 Å². The molecule has 2 saturated heterocycles. The molecular formula is C20H27F3N4OS. The van der Waals surface area contributed by atoms with Crippen LogP contribution in [0.1, 0.15) is 24.0 Å². The zero-order chi connectivity index (χ0) is 21.2. The molecule has 160 valence electrons. The summed E-state index contributed by atoms with van der Waals surface area (Å²) in [4.78, 5) is 19.2. The molecule has 0 bridgehead atoms. The number of likely N-dealkylation sites (tertiary alicyclic amines) is 1. The summed E-state index contributed by atoms with van der Waals surface area (Å²) in [6.07, 6.45) is -4.41. The Kier molecular flexibility index (Phi) is 6.68. The lowest BCUT2D eigenvalue weighted by Gasteiger charge is -2.35. The molecule has 0 spiro atoms. The minimum atomic E-state index is -4.41. The van der Waals surface area contributed by atoms with Gasteiger partial charge in [0.1, 0.15) is 0 Å². The summed E-state index contributed by atoms with van der Waals surface area (Å²) in [6.45, 7) is 6.30. The summed E-state index contributed by atoms with van der Waals surface area (Å²) in [6, 6.07) is 5.34. The van der Waals surface area contributed by atoms with Crippen molar-refractivity contribution in [1.82, 2.24) is 20.0 Å². The summed E-state index contributed by atoms with van der Waals surface area (Å²) in [5.41, 5.74) is -0.150. The zero-order valence-electron chi connectivity index (χ0n) is 16.7. The maximum Gasteiger partial charge on any atom is 0.416 e. The quantitative estimate of drug-likeness (QED) is 0.749. The van der Waals surface area contributed by atoms with Gasteiger partial charge in [0.15, 0.2) is 5.11 Å². The number of alkyl halides is 3. The van der Waals surface area contributed by atoms with E-state index in [1.165, 1.54) is 12.1 Å². The van der Waals surface area contributed by atoms with Gasteiger partial charge in [-0.25, -0.2) is 0 Å². The third-order valence-electron chi connectivity index (χ3n) is 5.71. The molecule has 1 amide bonds. The molecule has 3 rings (SSSR count). The van der Waals surface area contributed by atoms with Crippen LogP contribution in [0, 0.1) is 5.92 Å². The van der Waals surface area contributed by atoms with E-state index >= 15 is 0 Å². The van der Waals surface area contributed by atoms with E-state index in [-0.39, 0.29) is 11.8 Å². The van der Waals surface area contributed by atoms with Crippen LogP contribution in [0.5, 0.6) is 0 Å². The summed E-state index contributed by atoms with van der Waals surface area (Å²) in [5.74, 6) is -0.748. The number of hydrogen-bond donors (Lipinski definition) is 1. The smallest absolute Gasteiger partial charge is 0.363 e. The van der Waals surface area contributed by atoms with Crippen molar-refractivity contribution in [2.45, 2.75) is 19.0 Å². The first-order chi connectivity index (χ1) is 13.7. The van der Waals surface area contributed by atoms with Crippen LogP contribution in [0.15, 0.2) is 24.3 Å². The Labute approximate surface area is 174 Å². The van der Waals surface area contributed by atoms with E-state index in [0.717, 1.165) is 19.2 Å². The molecule has 2 aliphatic heterocycles. The molecule has 2 aliphatic rings. The molecule has 5 nitrogen and oxygen atoms in total. The predicted molar refractivity (Wildman–Crippen MR) is 110 cm³/mol. The summed E-state index contributed by atoms with van der Waals surface area (Å²) in [7, 11) is 2.01. The van der Waals surface area contributed by atoms with Crippen molar-refractivity contribution in [3.8, 4) is 0 Å². The lowest BCUT2D eigenvalue weighted by molar-refractivity contribution is -0.137. The minimum absolute atomic E-state index is 0.00214. The lowest BCUT2D eigenvalue weighted by atomic mass is 9.87. The van der Waals surface area contributed by atoms with Crippen molar-refractivity contribution < 1.29 is 18.0 Å². The summed E-state index contributed by atoms with van der Waals surface area (Å²) >= 11 is 5.42. The molecule has 9 heteroatoms. The van der Waals surface area contributed by atoms with E-state index in [0.29, 0.717) is 43.4 Å². The van der Waals surface area contributed by atoms with Crippen molar-refractivity contribution >= 4 is 23.2 Å². The molecule has 2 heterocycles. The number of nitrogens with zero attached hydrogens (tertiary/aromatic N) is 3. The van der Waals surface area contributed by atoms with E-state index < -0.39 is 17.7 Å². The number of halogens is 3. The van der Waals surface area contributed by atoms with Crippen LogP contribution >= 0.6 is 12.2 Å². The van der Waals surface area contributed by atoms with Gasteiger partial charge in [-0.2, -0.15) is 13.2 Å². The van der Waals surface area contributed by atoms with Gasteiger partial charge < -0.3 is 20.0 Å². The van der Waals surface area contributed by atoms with Crippen LogP contribution in [0.25, 0.3) is 0 Å². The fraction of sp³-hybridized carbons (Fsp3) is 0.600. The van der Waals surface area contributed by atoms with Crippen molar-refractivity contribution in [3.05, 3.63) is 35.4 Å². The van der Waals surface area contributed by atoms with Crippen molar-refractivity contribution in [3.63, 3.8) is 0 Å². The molecule has 0 unspecified atom stereocenters. The molecule has 0 aliphatic carbocycles. The molecule has 29 heavy (non-hydrogen) atoms. The minimum Gasteiger partial charge on any atom is -0.363 e. The molecule has 1 aromatic carbocycles. The Balaban J connectivity index is 1.87. The third kappa shape index (κ3) is 5.01. The maximum atomic E-state index is 13.3. The van der Waals surface area contributed by atoms with Gasteiger partial charge in [-0.05, 0) is 37.8 Å². The second-order valence-electron chi connectivity index (χ2n) is 7.71. The van der Waals surface area contributed by atoms with Crippen LogP contribution in [0.3, 0.4) is 0 Å². The van der Waals surface area contributed by atoms with Crippen molar-refractivity contribution in [1.29, 1.82) is 0 Å². The highest BCUT2D eigenvalue weighted by atomic mass is 32.1. The van der Waals surface area contributed by atoms with Crippen LogP contribution in [-0.2, 0) is 11.0 Å². The molecular weight excluding hydrogens is 401 g/mol. The van der Waals surface area contributed by atoms with Crippen molar-refractivity contribution in [2.75, 3.05) is 52.9 Å². The number of carbonyl (C=O) groups is 1. The average molecular weight is 429 g/mol. The average Bonchev–Trinajstić information content (AvgIpc) is 3.13. The molecule has 1 aromatic rings. The number of carbonyl (C=O) groups excluding carboxylic acids is 1. The SMILES string of the molecule is CCNC(=S)N1C[C@H](c2cccc(C(F)(F)F)c2)[C@H](C(=O)N2CCN(C)CC2)C1. The maximum absolute atomic E-state index is 13.3. The highest BCUT2D eigenvalue weighted by Gasteiger charge is 2.42. The second-order valence-corrected chi connectivity index (χ2v) is 8.09. The van der Waals surface area contributed by atoms with E-state index in [2.05, 4.69) is 10.2 Å². The summed E-state index contributed by atoms with van der Waals surface area (Å²) < 4.78 is 39.7. The standard InChI is InChI=1S/C20H27F3N4OS/c1-3-24-19(29)27-12-16(14-5-4-6-15(11-14)20(21,22)23)17(13-27)18(28)26-9-7-25(2)8-10-26/h4-6,11,16-17H,3,7-10,12-13H2,1-2H3,(H,24,29)/t16-,17-/m1/s1. The Bertz CT molecular complexity index is 749. The highest BCUT2D eigenvalue weighted by molar-refractivity contribution is 7.80. The van der Waals surface area contributed by atoms with Crippen LogP contribution in [0.4, 0.5) is 13.2 Å². The topological polar surface area (TPSA) is 38.8 Å². The monoisotopic (exact) mass is 428 g/mol. The molecule has 1 N–H and O–H groups in total. The van der Waals surface area contributed by atoms with Crippen LogP contribution in [0.2, 0.25) is 0 Å². The van der Waals surface area contributed by atoms with E-state index in [4.69, 9.17) is 12.2 Å². The number of hydrogen-bond acceptors (Lipinski definition) is 3. The first-order valence-electron chi connectivity index (χ1n) is 9.88. The fourth-order valence-electron chi connectivity index (χ4n) is 4.03. The Morgan fingerprint density at radius 1 is 1.17 bits per heavy atom. The molecule has 2 atom stereocenters. The lowest BCUT2D eigenvalue weighted by Crippen LogP contribution is -2.50. The van der Waals surface area contributed by atoms with Crippen molar-refractivity contribution in [2.24, 2.45) is 5.92 Å². The first-order valence-corrected chi connectivity index (χ1v) is 10.3. The predicted octanol–water partition coefficient (Wildman–Crippen LogP) is 2.39. The normalized spacial score (nSPS) is 23.3. The molecule has 0 aromatic heterocycles. The highest BCUT2D eigenvalue weighted by Crippen LogP contribution is 2.37. The number of rotatable bonds is 3. The largest absolute Gasteiger partial charge is 0.416 e. The van der Waals surface area contributed by atoms with Gasteiger partial charge in [0.2, 0.25) is 5.91 Å². The fourth-order valence-corrected chi connectivity index (χ4v) is 4.32. The number of thiocarbonyl (C=S) groups is 1. The van der Waals surface area contributed by atoms with Gasteiger partial charge in [0.05, 0.1) is 11.5 Å². The summed E-state index contributed by atoms with van der Waals surface area (Å²) in [5, 5.41) is 3.63. The Morgan fingerprint density at radius 3 is 2.48 bits per heavy atom. The second kappa shape index (κ2) is 8.87. The number of amides is 1. The van der Waals surface area contributed by atoms with Crippen LogP contribution in [-0.4, -0.2) is 78.6 Å². The number of nitrogens with one attached hydrogen (secondary N) is 1. The number of likely N-dealkylation sites (N-methyl/N-ethyl adjacent to an activating group) is 1. The molecule has 2 fully saturated rings. The van der Waals surface area contributed by atoms with E-state index in [1.54, 1.807) is 6.07 Å². The van der Waals surface area contributed by atoms with E-state index in [9.17, 15) is 18.0 Å². The van der Waals surface area contributed by atoms with Gasteiger partial charge in [0.25, 0.3) is 0 Å². The van der Waals surface area contributed by atoms with Gasteiger partial charge >= 0.3 is 6.18 Å². The molecule has 0 radical (unpaired) electrons. The Hall–Kier alpha value is -1.87. The van der Waals surface area contributed by atoms with Gasteiger partial charge in [-0.3, -0.25) is 4.79 Å². The van der Waals surface area contributed by atoms with E-state index in [1.807, 2.05) is 23.8 Å². The van der Waals surface area contributed by atoms with Gasteiger partial charge in [0, 0.05) is 51.7 Å². The number of piperazine rings is 1. The number of benzene rings is 1. The third-order valence-corrected chi connectivity index (χ3v) is 6.11.